The van der Waals surface area contributed by atoms with E-state index in [1.807, 2.05) is 13.8 Å². The molecule has 2 nitrogen and oxygen atoms in total. The number of hydrogen-bond donors (Lipinski definition) is 2. The van der Waals surface area contributed by atoms with Crippen molar-refractivity contribution in [3.05, 3.63) is 0 Å². The van der Waals surface area contributed by atoms with Crippen molar-refractivity contribution in [1.29, 1.82) is 0 Å². The van der Waals surface area contributed by atoms with Crippen molar-refractivity contribution in [3.8, 4) is 0 Å². The van der Waals surface area contributed by atoms with Gasteiger partial charge < -0.3 is 10.4 Å². The minimum absolute atomic E-state index is 0.528. The van der Waals surface area contributed by atoms with Gasteiger partial charge in [-0.25, -0.2) is 0 Å². The lowest BCUT2D eigenvalue weighted by Gasteiger charge is -2.31. The molecule has 0 radical (unpaired) electrons. The number of nitrogens with one attached hydrogen (secondary N) is 1. The molecule has 1 atom stereocenters. The third kappa shape index (κ3) is 4.84. The molecule has 0 spiro atoms. The van der Waals surface area contributed by atoms with Crippen LogP contribution in [-0.4, -0.2) is 23.3 Å². The zero-order chi connectivity index (χ0) is 12.0. The fraction of sp³-hybridized carbons (Fsp3) is 1.00. The summed E-state index contributed by atoms with van der Waals surface area (Å²) in [5.74, 6) is 0.967. The van der Waals surface area contributed by atoms with Crippen LogP contribution in [0.15, 0.2) is 0 Å². The highest BCUT2D eigenvalue weighted by Crippen LogP contribution is 2.27. The van der Waals surface area contributed by atoms with Crippen LogP contribution in [-0.2, 0) is 0 Å². The van der Waals surface area contributed by atoms with E-state index in [1.165, 1.54) is 38.5 Å². The monoisotopic (exact) mass is 227 g/mol. The number of hydrogen-bond acceptors (Lipinski definition) is 2. The van der Waals surface area contributed by atoms with Gasteiger partial charge in [-0.15, -0.1) is 0 Å². The summed E-state index contributed by atoms with van der Waals surface area (Å²) in [4.78, 5) is 0. The first-order chi connectivity index (χ1) is 7.57. The van der Waals surface area contributed by atoms with Crippen LogP contribution in [0.3, 0.4) is 0 Å². The van der Waals surface area contributed by atoms with Crippen molar-refractivity contribution in [2.45, 2.75) is 77.4 Å². The summed E-state index contributed by atoms with van der Waals surface area (Å²) in [6.45, 7) is 6.98. The molecule has 96 valence electrons. The van der Waals surface area contributed by atoms with Crippen LogP contribution in [0.1, 0.15) is 65.7 Å². The molecule has 1 saturated carbocycles. The Bertz CT molecular complexity index is 183. The fourth-order valence-corrected chi connectivity index (χ4v) is 2.55. The van der Waals surface area contributed by atoms with Crippen molar-refractivity contribution >= 4 is 0 Å². The van der Waals surface area contributed by atoms with Gasteiger partial charge in [-0.2, -0.15) is 0 Å². The van der Waals surface area contributed by atoms with Crippen molar-refractivity contribution in [3.63, 3.8) is 0 Å². The van der Waals surface area contributed by atoms with Gasteiger partial charge in [0.1, 0.15) is 0 Å². The summed E-state index contributed by atoms with van der Waals surface area (Å²) in [7, 11) is 0. The second-order valence-corrected chi connectivity index (χ2v) is 5.74. The first kappa shape index (κ1) is 14.0. The highest BCUT2D eigenvalue weighted by Gasteiger charge is 2.23. The zero-order valence-electron chi connectivity index (χ0n) is 11.3. The van der Waals surface area contributed by atoms with E-state index in [1.54, 1.807) is 0 Å². The molecule has 2 heteroatoms. The van der Waals surface area contributed by atoms with Gasteiger partial charge in [0.15, 0.2) is 0 Å². The lowest BCUT2D eigenvalue weighted by atomic mass is 9.83. The van der Waals surface area contributed by atoms with E-state index in [-0.39, 0.29) is 0 Å². The molecule has 1 aliphatic carbocycles. The van der Waals surface area contributed by atoms with E-state index >= 15 is 0 Å². The van der Waals surface area contributed by atoms with Crippen LogP contribution in [0.2, 0.25) is 0 Å². The SMILES string of the molecule is CCCC1CCC(NCC(C)(O)CC)CC1. The Balaban J connectivity index is 2.17. The molecule has 0 aromatic rings. The van der Waals surface area contributed by atoms with Gasteiger partial charge in [-0.1, -0.05) is 26.7 Å². The van der Waals surface area contributed by atoms with E-state index in [4.69, 9.17) is 0 Å². The van der Waals surface area contributed by atoms with Gasteiger partial charge in [0, 0.05) is 12.6 Å². The Kier molecular flexibility index (Phi) is 5.77. The average molecular weight is 227 g/mol. The molecule has 16 heavy (non-hydrogen) atoms. The highest BCUT2D eigenvalue weighted by atomic mass is 16.3. The van der Waals surface area contributed by atoms with E-state index in [0.29, 0.717) is 6.04 Å². The molecule has 0 heterocycles. The predicted octanol–water partition coefficient (Wildman–Crippen LogP) is 3.10. The summed E-state index contributed by atoms with van der Waals surface area (Å²) in [6, 6.07) is 0.645. The molecule has 0 bridgehead atoms. The van der Waals surface area contributed by atoms with Gasteiger partial charge in [-0.3, -0.25) is 0 Å². The van der Waals surface area contributed by atoms with Crippen LogP contribution >= 0.6 is 0 Å². The quantitative estimate of drug-likeness (QED) is 0.731. The molecule has 0 saturated heterocycles. The lowest BCUT2D eigenvalue weighted by molar-refractivity contribution is 0.0505. The summed E-state index contributed by atoms with van der Waals surface area (Å²) < 4.78 is 0. The molecular weight excluding hydrogens is 198 g/mol. The molecular formula is C14H29NO. The molecule has 0 aromatic heterocycles. The molecule has 2 N–H and O–H groups in total. The van der Waals surface area contributed by atoms with E-state index in [2.05, 4.69) is 12.2 Å². The van der Waals surface area contributed by atoms with Crippen LogP contribution in [0.5, 0.6) is 0 Å². The summed E-state index contributed by atoms with van der Waals surface area (Å²) in [5, 5.41) is 13.5. The molecule has 0 amide bonds. The minimum Gasteiger partial charge on any atom is -0.389 e. The van der Waals surface area contributed by atoms with Crippen molar-refractivity contribution in [1.82, 2.24) is 5.32 Å². The minimum atomic E-state index is -0.528. The second kappa shape index (κ2) is 6.61. The lowest BCUT2D eigenvalue weighted by Crippen LogP contribution is -2.43. The molecule has 0 aliphatic heterocycles. The van der Waals surface area contributed by atoms with Crippen LogP contribution in [0.4, 0.5) is 0 Å². The van der Waals surface area contributed by atoms with Gasteiger partial charge in [0.25, 0.3) is 0 Å². The van der Waals surface area contributed by atoms with Crippen LogP contribution in [0.25, 0.3) is 0 Å². The molecule has 1 aliphatic rings. The van der Waals surface area contributed by atoms with Gasteiger partial charge in [0.05, 0.1) is 5.60 Å². The van der Waals surface area contributed by atoms with Gasteiger partial charge in [-0.05, 0) is 44.9 Å². The zero-order valence-corrected chi connectivity index (χ0v) is 11.3. The standard InChI is InChI=1S/C14H29NO/c1-4-6-12-7-9-13(10-8-12)15-11-14(3,16)5-2/h12-13,15-16H,4-11H2,1-3H3. The van der Waals surface area contributed by atoms with Crippen LogP contribution in [0, 0.1) is 5.92 Å². The van der Waals surface area contributed by atoms with E-state index < -0.39 is 5.60 Å². The summed E-state index contributed by atoms with van der Waals surface area (Å²) in [5.41, 5.74) is -0.528. The number of aliphatic hydroxyl groups is 1. The molecule has 1 rings (SSSR count). The first-order valence-corrected chi connectivity index (χ1v) is 7.03. The van der Waals surface area contributed by atoms with Gasteiger partial charge >= 0.3 is 0 Å². The molecule has 0 aromatic carbocycles. The number of rotatable bonds is 6. The molecule has 1 unspecified atom stereocenters. The maximum absolute atomic E-state index is 9.93. The largest absolute Gasteiger partial charge is 0.389 e. The van der Waals surface area contributed by atoms with Crippen molar-refractivity contribution in [2.24, 2.45) is 5.92 Å². The van der Waals surface area contributed by atoms with E-state index in [9.17, 15) is 5.11 Å². The Labute approximate surface area is 101 Å². The maximum atomic E-state index is 9.93. The Morgan fingerprint density at radius 1 is 1.19 bits per heavy atom. The third-order valence-electron chi connectivity index (χ3n) is 4.08. The van der Waals surface area contributed by atoms with Gasteiger partial charge in [0.2, 0.25) is 0 Å². The highest BCUT2D eigenvalue weighted by molar-refractivity contribution is 4.81. The van der Waals surface area contributed by atoms with Crippen LogP contribution < -0.4 is 5.32 Å². The Hall–Kier alpha value is -0.0800. The Morgan fingerprint density at radius 3 is 2.31 bits per heavy atom. The average Bonchev–Trinajstić information content (AvgIpc) is 2.29. The topological polar surface area (TPSA) is 32.3 Å². The maximum Gasteiger partial charge on any atom is 0.0741 e. The normalized spacial score (nSPS) is 30.0. The fourth-order valence-electron chi connectivity index (χ4n) is 2.55. The second-order valence-electron chi connectivity index (χ2n) is 5.74. The third-order valence-corrected chi connectivity index (χ3v) is 4.08. The summed E-state index contributed by atoms with van der Waals surface area (Å²) >= 11 is 0. The Morgan fingerprint density at radius 2 is 1.81 bits per heavy atom. The van der Waals surface area contributed by atoms with E-state index in [0.717, 1.165) is 18.9 Å². The predicted molar refractivity (Wildman–Crippen MR) is 69.6 cm³/mol. The first-order valence-electron chi connectivity index (χ1n) is 7.03. The van der Waals surface area contributed by atoms with Crippen molar-refractivity contribution in [2.75, 3.05) is 6.54 Å². The summed E-state index contributed by atoms with van der Waals surface area (Å²) in [6.07, 6.45) is 8.90. The smallest absolute Gasteiger partial charge is 0.0741 e. The molecule has 1 fully saturated rings. The van der Waals surface area contributed by atoms with Crippen molar-refractivity contribution < 1.29 is 5.11 Å².